The van der Waals surface area contributed by atoms with Crippen LogP contribution in [0.5, 0.6) is 5.75 Å². The van der Waals surface area contributed by atoms with Crippen LogP contribution in [0.25, 0.3) is 0 Å². The summed E-state index contributed by atoms with van der Waals surface area (Å²) in [5.74, 6) is -0.760. The molecule has 9 heteroatoms. The second-order valence-electron chi connectivity index (χ2n) is 8.81. The van der Waals surface area contributed by atoms with Crippen LogP contribution >= 0.6 is 0 Å². The maximum atomic E-state index is 12.9. The molecule has 3 aliphatic heterocycles. The minimum atomic E-state index is -0.958. The summed E-state index contributed by atoms with van der Waals surface area (Å²) in [6.45, 7) is 4.72. The molecule has 0 aromatic heterocycles. The highest BCUT2D eigenvalue weighted by Crippen LogP contribution is 2.30. The Morgan fingerprint density at radius 3 is 2.56 bits per heavy atom. The summed E-state index contributed by atoms with van der Waals surface area (Å²) in [6.07, 6.45) is 3.54. The number of amides is 4. The number of carbonyl (C=O) groups is 4. The van der Waals surface area contributed by atoms with Crippen LogP contribution in [0.1, 0.15) is 52.8 Å². The van der Waals surface area contributed by atoms with Crippen molar-refractivity contribution in [3.63, 3.8) is 0 Å². The second-order valence-corrected chi connectivity index (χ2v) is 8.81. The van der Waals surface area contributed by atoms with E-state index in [9.17, 15) is 19.2 Å². The van der Waals surface area contributed by atoms with Crippen LogP contribution in [0.15, 0.2) is 18.2 Å². The second kappa shape index (κ2) is 9.79. The van der Waals surface area contributed by atoms with Crippen LogP contribution < -0.4 is 15.4 Å². The summed E-state index contributed by atoms with van der Waals surface area (Å²) in [5.41, 5.74) is 0.494. The number of hydrogen-bond acceptors (Lipinski definition) is 7. The molecule has 1 aromatic rings. The van der Waals surface area contributed by atoms with Crippen molar-refractivity contribution in [1.29, 1.82) is 0 Å². The summed E-state index contributed by atoms with van der Waals surface area (Å²) in [6, 6.07) is 3.86. The van der Waals surface area contributed by atoms with E-state index >= 15 is 0 Å². The zero-order valence-electron chi connectivity index (χ0n) is 18.4. The van der Waals surface area contributed by atoms with Crippen molar-refractivity contribution in [3.05, 3.63) is 29.3 Å². The fourth-order valence-corrected chi connectivity index (χ4v) is 4.66. The third kappa shape index (κ3) is 4.83. The Kier molecular flexibility index (Phi) is 6.86. The lowest BCUT2D eigenvalue weighted by molar-refractivity contribution is -0.136. The van der Waals surface area contributed by atoms with Gasteiger partial charge in [-0.2, -0.15) is 0 Å². The van der Waals surface area contributed by atoms with Crippen LogP contribution in [-0.4, -0.2) is 79.3 Å². The number of nitrogens with one attached hydrogen (secondary N) is 2. The zero-order valence-corrected chi connectivity index (χ0v) is 18.4. The molecule has 0 spiro atoms. The highest BCUT2D eigenvalue weighted by molar-refractivity contribution is 6.23. The molecule has 4 amide bonds. The number of fused-ring (bicyclic) bond motifs is 1. The maximum absolute atomic E-state index is 12.9. The Labute approximate surface area is 187 Å². The Balaban J connectivity index is 1.29. The van der Waals surface area contributed by atoms with Gasteiger partial charge in [-0.15, -0.1) is 0 Å². The number of imide groups is 2. The molecule has 0 radical (unpaired) electrons. The van der Waals surface area contributed by atoms with Crippen molar-refractivity contribution in [1.82, 2.24) is 20.4 Å². The Morgan fingerprint density at radius 1 is 1.06 bits per heavy atom. The smallest absolute Gasteiger partial charge is 0.262 e. The lowest BCUT2D eigenvalue weighted by Crippen LogP contribution is -2.54. The Morgan fingerprint density at radius 2 is 1.81 bits per heavy atom. The maximum Gasteiger partial charge on any atom is 0.262 e. The van der Waals surface area contributed by atoms with Gasteiger partial charge in [0.1, 0.15) is 11.8 Å². The van der Waals surface area contributed by atoms with Crippen LogP contribution in [0.3, 0.4) is 0 Å². The van der Waals surface area contributed by atoms with Gasteiger partial charge in [0.2, 0.25) is 11.8 Å². The lowest BCUT2D eigenvalue weighted by atomic mass is 9.98. The van der Waals surface area contributed by atoms with Gasteiger partial charge in [-0.05, 0) is 69.9 Å². The van der Waals surface area contributed by atoms with Gasteiger partial charge in [0, 0.05) is 19.5 Å². The normalized spacial score (nSPS) is 21.8. The molecule has 2 N–H and O–H groups in total. The zero-order chi connectivity index (χ0) is 22.7. The first-order valence-electron chi connectivity index (χ1n) is 11.3. The topological polar surface area (TPSA) is 108 Å². The molecule has 2 saturated heterocycles. The van der Waals surface area contributed by atoms with E-state index in [2.05, 4.69) is 22.6 Å². The number of nitrogens with zero attached hydrogens (tertiary/aromatic N) is 2. The number of hydrogen-bond donors (Lipinski definition) is 2. The molecule has 0 bridgehead atoms. The van der Waals surface area contributed by atoms with E-state index in [1.54, 1.807) is 18.2 Å². The van der Waals surface area contributed by atoms with Crippen molar-refractivity contribution in [2.45, 2.75) is 38.1 Å². The monoisotopic (exact) mass is 442 g/mol. The van der Waals surface area contributed by atoms with Gasteiger partial charge in [0.05, 0.1) is 17.7 Å². The van der Waals surface area contributed by atoms with E-state index in [0.29, 0.717) is 12.4 Å². The summed E-state index contributed by atoms with van der Waals surface area (Å²) in [5, 5.41) is 5.59. The van der Waals surface area contributed by atoms with Crippen LogP contribution in [0.2, 0.25) is 0 Å². The first-order chi connectivity index (χ1) is 15.4. The Bertz CT molecular complexity index is 912. The molecule has 0 aliphatic carbocycles. The quantitative estimate of drug-likeness (QED) is 0.453. The average Bonchev–Trinajstić information content (AvgIpc) is 3.02. The predicted molar refractivity (Wildman–Crippen MR) is 116 cm³/mol. The number of ether oxygens (including phenoxy) is 1. The van der Waals surface area contributed by atoms with E-state index in [-0.39, 0.29) is 29.9 Å². The first kappa shape index (κ1) is 22.4. The van der Waals surface area contributed by atoms with Crippen LogP contribution in [0, 0.1) is 5.92 Å². The number of benzene rings is 1. The molecule has 1 unspecified atom stereocenters. The molecule has 3 aliphatic rings. The molecule has 9 nitrogen and oxygen atoms in total. The molecule has 0 saturated carbocycles. The molecule has 1 aromatic carbocycles. The van der Waals surface area contributed by atoms with E-state index in [1.165, 1.54) is 12.8 Å². The van der Waals surface area contributed by atoms with E-state index in [0.717, 1.165) is 43.4 Å². The highest BCUT2D eigenvalue weighted by atomic mass is 16.5. The van der Waals surface area contributed by atoms with Gasteiger partial charge >= 0.3 is 0 Å². The molecule has 32 heavy (non-hydrogen) atoms. The van der Waals surface area contributed by atoms with Gasteiger partial charge in [-0.3, -0.25) is 29.4 Å². The SMILES string of the molecule is CN(CCCOc1ccc2c(c1)C(=O)N(C1CCC(=O)NC1=O)C2=O)CC1CCNCC1. The van der Waals surface area contributed by atoms with Gasteiger partial charge in [-0.25, -0.2) is 0 Å². The van der Waals surface area contributed by atoms with Gasteiger partial charge in [0.25, 0.3) is 11.8 Å². The van der Waals surface area contributed by atoms with E-state index in [1.807, 2.05) is 0 Å². The largest absolute Gasteiger partial charge is 0.494 e. The summed E-state index contributed by atoms with van der Waals surface area (Å²) in [7, 11) is 2.13. The van der Waals surface area contributed by atoms with Gasteiger partial charge < -0.3 is 15.0 Å². The molecular weight excluding hydrogens is 412 g/mol. The minimum absolute atomic E-state index is 0.101. The minimum Gasteiger partial charge on any atom is -0.494 e. The van der Waals surface area contributed by atoms with Gasteiger partial charge in [0.15, 0.2) is 0 Å². The summed E-state index contributed by atoms with van der Waals surface area (Å²) in [4.78, 5) is 52.4. The van der Waals surface area contributed by atoms with Crippen molar-refractivity contribution in [2.75, 3.05) is 39.8 Å². The average molecular weight is 443 g/mol. The number of piperidine rings is 2. The van der Waals surface area contributed by atoms with Crippen molar-refractivity contribution in [2.24, 2.45) is 5.92 Å². The predicted octanol–water partition coefficient (Wildman–Crippen LogP) is 0.788. The lowest BCUT2D eigenvalue weighted by Gasteiger charge is -2.27. The molecule has 172 valence electrons. The molecule has 3 heterocycles. The molecular formula is C23H30N4O5. The summed E-state index contributed by atoms with van der Waals surface area (Å²) < 4.78 is 5.83. The van der Waals surface area contributed by atoms with Crippen molar-refractivity contribution >= 4 is 23.6 Å². The van der Waals surface area contributed by atoms with Crippen LogP contribution in [0.4, 0.5) is 0 Å². The van der Waals surface area contributed by atoms with Crippen LogP contribution in [-0.2, 0) is 9.59 Å². The summed E-state index contributed by atoms with van der Waals surface area (Å²) >= 11 is 0. The fourth-order valence-electron chi connectivity index (χ4n) is 4.66. The molecule has 2 fully saturated rings. The number of rotatable bonds is 8. The Hall–Kier alpha value is -2.78. The molecule has 1 atom stereocenters. The van der Waals surface area contributed by atoms with E-state index < -0.39 is 23.8 Å². The third-order valence-corrected chi connectivity index (χ3v) is 6.39. The van der Waals surface area contributed by atoms with Crippen molar-refractivity contribution < 1.29 is 23.9 Å². The molecule has 4 rings (SSSR count). The van der Waals surface area contributed by atoms with Crippen molar-refractivity contribution in [3.8, 4) is 5.75 Å². The fraction of sp³-hybridized carbons (Fsp3) is 0.565. The van der Waals surface area contributed by atoms with E-state index in [4.69, 9.17) is 4.74 Å². The van der Waals surface area contributed by atoms with Gasteiger partial charge in [-0.1, -0.05) is 0 Å². The first-order valence-corrected chi connectivity index (χ1v) is 11.3. The highest BCUT2D eigenvalue weighted by Gasteiger charge is 2.44. The standard InChI is InChI=1S/C23H30N4O5/c1-26(14-15-7-9-24-10-8-15)11-2-12-32-16-3-4-17-18(13-16)23(31)27(22(17)30)19-5-6-20(28)25-21(19)29/h3-4,13,15,19,24H,2,5-12,14H2,1H3,(H,25,28,29). The number of carbonyl (C=O) groups excluding carboxylic acids is 4. The third-order valence-electron chi connectivity index (χ3n) is 6.39.